The summed E-state index contributed by atoms with van der Waals surface area (Å²) in [5.41, 5.74) is 8.64. The molecule has 0 atom stereocenters. The van der Waals surface area contributed by atoms with Crippen LogP contribution in [0.1, 0.15) is 23.3 Å². The van der Waals surface area contributed by atoms with Gasteiger partial charge in [0.1, 0.15) is 0 Å². The monoisotopic (exact) mass is 755 g/mol. The highest BCUT2D eigenvalue weighted by molar-refractivity contribution is 7.26. The lowest BCUT2D eigenvalue weighted by Gasteiger charge is -2.10. The van der Waals surface area contributed by atoms with Gasteiger partial charge in [-0.3, -0.25) is 10.4 Å². The van der Waals surface area contributed by atoms with E-state index in [1.54, 1.807) is 22.7 Å². The van der Waals surface area contributed by atoms with Crippen molar-refractivity contribution < 1.29 is 0 Å². The molecule has 0 saturated heterocycles. The Bertz CT molecular complexity index is 2990. The third-order valence-corrected chi connectivity index (χ3v) is 12.5. The van der Waals surface area contributed by atoms with Crippen molar-refractivity contribution in [1.29, 1.82) is 5.41 Å². The molecular weight excluding hydrogens is 723 g/mol. The number of aliphatic imine (C=N–C) groups is 1. The van der Waals surface area contributed by atoms with Crippen LogP contribution in [-0.2, 0) is 0 Å². The first-order valence-electron chi connectivity index (χ1n) is 18.6. The van der Waals surface area contributed by atoms with Crippen LogP contribution in [0.5, 0.6) is 0 Å². The fourth-order valence-corrected chi connectivity index (χ4v) is 9.80. The minimum Gasteiger partial charge on any atom is -0.299 e. The summed E-state index contributed by atoms with van der Waals surface area (Å²) < 4.78 is 3.52. The molecule has 1 N–H and O–H groups in total. The predicted octanol–water partition coefficient (Wildman–Crippen LogP) is 13.5. The molecule has 1 aliphatic carbocycles. The van der Waals surface area contributed by atoms with E-state index >= 15 is 0 Å². The second-order valence-electron chi connectivity index (χ2n) is 13.7. The smallest absolute Gasteiger partial charge is 0.164 e. The van der Waals surface area contributed by atoms with Gasteiger partial charge in [0.05, 0.1) is 16.3 Å². The van der Waals surface area contributed by atoms with E-state index in [1.165, 1.54) is 14.8 Å². The van der Waals surface area contributed by atoms with Crippen molar-refractivity contribution in [2.75, 3.05) is 0 Å². The zero-order valence-electron chi connectivity index (χ0n) is 30.2. The van der Waals surface area contributed by atoms with Gasteiger partial charge in [-0.15, -0.1) is 22.7 Å². The van der Waals surface area contributed by atoms with Gasteiger partial charge in [0.15, 0.2) is 17.5 Å². The SMILES string of the molecule is N=C(C1=CC=CCC1)c1sc2ccccc2c1N=Cc1cccc(-c2cccc3c2sc2cccc(-c4nc(-c5ccccc5)nc(-c5ccccc5)n4)c23)c1. The highest BCUT2D eigenvalue weighted by Gasteiger charge is 2.20. The fraction of sp³-hybridized carbons (Fsp3) is 0.0408. The van der Waals surface area contributed by atoms with Crippen molar-refractivity contribution >= 4 is 70.5 Å². The molecule has 7 heteroatoms. The van der Waals surface area contributed by atoms with Crippen LogP contribution >= 0.6 is 22.7 Å². The maximum atomic E-state index is 9.14. The molecule has 266 valence electrons. The lowest BCUT2D eigenvalue weighted by atomic mass is 9.98. The molecule has 0 bridgehead atoms. The normalized spacial score (nSPS) is 12.9. The third kappa shape index (κ3) is 6.27. The largest absolute Gasteiger partial charge is 0.299 e. The number of benzene rings is 6. The van der Waals surface area contributed by atoms with E-state index in [9.17, 15) is 0 Å². The Kier molecular flexibility index (Phi) is 8.78. The maximum Gasteiger partial charge on any atom is 0.164 e. The number of fused-ring (bicyclic) bond motifs is 4. The van der Waals surface area contributed by atoms with Crippen molar-refractivity contribution in [2.24, 2.45) is 4.99 Å². The van der Waals surface area contributed by atoms with Crippen LogP contribution in [0.4, 0.5) is 5.69 Å². The number of allylic oxidation sites excluding steroid dienone is 4. The van der Waals surface area contributed by atoms with Gasteiger partial charge < -0.3 is 0 Å². The highest BCUT2D eigenvalue weighted by atomic mass is 32.1. The summed E-state index contributed by atoms with van der Waals surface area (Å²) in [5.74, 6) is 1.94. The van der Waals surface area contributed by atoms with Crippen LogP contribution in [-0.4, -0.2) is 26.9 Å². The Morgan fingerprint density at radius 1 is 0.607 bits per heavy atom. The quantitative estimate of drug-likeness (QED) is 0.157. The summed E-state index contributed by atoms with van der Waals surface area (Å²) in [5, 5.41) is 12.5. The van der Waals surface area contributed by atoms with E-state index in [2.05, 4.69) is 97.1 Å². The molecule has 0 aliphatic heterocycles. The number of aromatic nitrogens is 3. The number of thiophene rings is 2. The molecule has 0 amide bonds. The number of rotatable bonds is 8. The predicted molar refractivity (Wildman–Crippen MR) is 237 cm³/mol. The summed E-state index contributed by atoms with van der Waals surface area (Å²) in [6, 6.07) is 50.1. The minimum atomic E-state index is 0.567. The summed E-state index contributed by atoms with van der Waals surface area (Å²) >= 11 is 3.44. The average Bonchev–Trinajstić information content (AvgIpc) is 3.85. The van der Waals surface area contributed by atoms with Crippen molar-refractivity contribution in [3.05, 3.63) is 180 Å². The van der Waals surface area contributed by atoms with E-state index < -0.39 is 0 Å². The topological polar surface area (TPSA) is 74.9 Å². The molecule has 1 aliphatic rings. The van der Waals surface area contributed by atoms with Gasteiger partial charge in [-0.2, -0.15) is 0 Å². The van der Waals surface area contributed by atoms with Gasteiger partial charge in [-0.05, 0) is 53.3 Å². The molecular formula is C49H33N5S2. The van der Waals surface area contributed by atoms with Crippen molar-refractivity contribution in [1.82, 2.24) is 15.0 Å². The van der Waals surface area contributed by atoms with Crippen molar-refractivity contribution in [3.63, 3.8) is 0 Å². The molecule has 0 radical (unpaired) electrons. The lowest BCUT2D eigenvalue weighted by Crippen LogP contribution is -2.03. The average molecular weight is 756 g/mol. The van der Waals surface area contributed by atoms with E-state index in [1.807, 2.05) is 72.9 Å². The van der Waals surface area contributed by atoms with Crippen LogP contribution in [0.15, 0.2) is 174 Å². The second kappa shape index (κ2) is 14.5. The van der Waals surface area contributed by atoms with Crippen LogP contribution in [0.2, 0.25) is 0 Å². The molecule has 9 aromatic rings. The van der Waals surface area contributed by atoms with Gasteiger partial charge in [-0.1, -0.05) is 146 Å². The molecule has 10 rings (SSSR count). The molecule has 5 nitrogen and oxygen atoms in total. The van der Waals surface area contributed by atoms with Crippen molar-refractivity contribution in [3.8, 4) is 45.3 Å². The van der Waals surface area contributed by atoms with Crippen LogP contribution < -0.4 is 0 Å². The third-order valence-electron chi connectivity index (χ3n) is 10.1. The molecule has 0 spiro atoms. The molecule has 0 unspecified atom stereocenters. The summed E-state index contributed by atoms with van der Waals surface area (Å²) in [7, 11) is 0. The van der Waals surface area contributed by atoms with Gasteiger partial charge in [0.2, 0.25) is 0 Å². The maximum absolute atomic E-state index is 9.14. The summed E-state index contributed by atoms with van der Waals surface area (Å²) in [4.78, 5) is 21.1. The molecule has 0 saturated carbocycles. The highest BCUT2D eigenvalue weighted by Crippen LogP contribution is 2.44. The molecule has 56 heavy (non-hydrogen) atoms. The Balaban J connectivity index is 1.06. The number of nitrogens with one attached hydrogen (secondary N) is 1. The van der Waals surface area contributed by atoms with E-state index in [0.717, 1.165) is 77.8 Å². The van der Waals surface area contributed by atoms with Gasteiger partial charge in [0, 0.05) is 53.2 Å². The van der Waals surface area contributed by atoms with Gasteiger partial charge >= 0.3 is 0 Å². The fourth-order valence-electron chi connectivity index (χ4n) is 7.40. The minimum absolute atomic E-state index is 0.567. The first-order valence-corrected chi connectivity index (χ1v) is 20.2. The summed E-state index contributed by atoms with van der Waals surface area (Å²) in [6.07, 6.45) is 10.1. The van der Waals surface area contributed by atoms with E-state index in [0.29, 0.717) is 23.2 Å². The molecule has 3 aromatic heterocycles. The van der Waals surface area contributed by atoms with Crippen LogP contribution in [0.25, 0.3) is 75.5 Å². The molecule has 6 aromatic carbocycles. The number of hydrogen-bond donors (Lipinski definition) is 1. The summed E-state index contributed by atoms with van der Waals surface area (Å²) in [6.45, 7) is 0. The molecule has 0 fully saturated rings. The second-order valence-corrected chi connectivity index (χ2v) is 15.8. The Labute approximate surface area is 332 Å². The first kappa shape index (κ1) is 33.9. The number of hydrogen-bond acceptors (Lipinski definition) is 7. The Morgan fingerprint density at radius 3 is 2.02 bits per heavy atom. The molecule has 3 heterocycles. The van der Waals surface area contributed by atoms with E-state index in [4.69, 9.17) is 25.4 Å². The number of nitrogens with zero attached hydrogens (tertiary/aromatic N) is 4. The van der Waals surface area contributed by atoms with E-state index in [-0.39, 0.29) is 0 Å². The van der Waals surface area contributed by atoms with Crippen LogP contribution in [0, 0.1) is 5.41 Å². The zero-order valence-corrected chi connectivity index (χ0v) is 31.8. The van der Waals surface area contributed by atoms with Crippen LogP contribution in [0.3, 0.4) is 0 Å². The lowest BCUT2D eigenvalue weighted by molar-refractivity contribution is 1.00. The van der Waals surface area contributed by atoms with Gasteiger partial charge in [-0.25, -0.2) is 15.0 Å². The first-order chi connectivity index (χ1) is 27.7. The zero-order chi connectivity index (χ0) is 37.4. The Morgan fingerprint density at radius 2 is 1.25 bits per heavy atom. The standard InChI is InChI=1S/C49H33N5S2/c50-43(32-16-4-1-5-17-32)46-44(37-23-10-11-27-40(37)55-46)51-30-31-15-12-22-35(29-31)36-24-13-25-38-42-39(26-14-28-41(42)56-45(36)38)49-53-47(33-18-6-2-7-19-33)52-48(54-49)34-20-8-3-9-21-34/h1-4,6-16,18-30,50H,5,17H2. The van der Waals surface area contributed by atoms with Crippen molar-refractivity contribution in [2.45, 2.75) is 12.8 Å². The van der Waals surface area contributed by atoms with Gasteiger partial charge in [0.25, 0.3) is 0 Å². The Hall–Kier alpha value is -6.67.